The number of likely N-dealkylation sites (tertiary alicyclic amines) is 1. The summed E-state index contributed by atoms with van der Waals surface area (Å²) in [5, 5.41) is 0. The van der Waals surface area contributed by atoms with Crippen LogP contribution in [-0.2, 0) is 13.1 Å². The van der Waals surface area contributed by atoms with Gasteiger partial charge in [0.1, 0.15) is 5.75 Å². The Morgan fingerprint density at radius 3 is 2.85 bits per heavy atom. The molecule has 0 spiro atoms. The van der Waals surface area contributed by atoms with Gasteiger partial charge < -0.3 is 15.4 Å². The number of hydrogen-bond acceptors (Lipinski definition) is 4. The van der Waals surface area contributed by atoms with Crippen molar-refractivity contribution >= 4 is 0 Å². The SMILES string of the molecule is COc1cc(CN2CCCC2CN(C)C)ccc1CN. The summed E-state index contributed by atoms with van der Waals surface area (Å²) in [6.45, 7) is 3.85. The minimum atomic E-state index is 0.524. The van der Waals surface area contributed by atoms with E-state index in [4.69, 9.17) is 10.5 Å². The van der Waals surface area contributed by atoms with Crippen molar-refractivity contribution in [1.82, 2.24) is 9.80 Å². The smallest absolute Gasteiger partial charge is 0.123 e. The lowest BCUT2D eigenvalue weighted by molar-refractivity contribution is 0.201. The highest BCUT2D eigenvalue weighted by atomic mass is 16.5. The number of benzene rings is 1. The average Bonchev–Trinajstić information content (AvgIpc) is 2.85. The first-order chi connectivity index (χ1) is 9.63. The van der Waals surface area contributed by atoms with Gasteiger partial charge in [0, 0.05) is 31.2 Å². The van der Waals surface area contributed by atoms with Crippen LogP contribution in [0, 0.1) is 0 Å². The third-order valence-electron chi connectivity index (χ3n) is 4.03. The maximum absolute atomic E-state index is 5.72. The zero-order valence-electron chi connectivity index (χ0n) is 12.9. The van der Waals surface area contributed by atoms with Gasteiger partial charge in [0.25, 0.3) is 0 Å². The molecule has 1 aromatic rings. The molecule has 0 aromatic heterocycles. The molecule has 0 bridgehead atoms. The van der Waals surface area contributed by atoms with Crippen molar-refractivity contribution < 1.29 is 4.74 Å². The van der Waals surface area contributed by atoms with Gasteiger partial charge in [0.15, 0.2) is 0 Å². The van der Waals surface area contributed by atoms with Crippen LogP contribution >= 0.6 is 0 Å². The molecule has 0 aliphatic carbocycles. The molecule has 0 radical (unpaired) electrons. The predicted molar refractivity (Wildman–Crippen MR) is 82.9 cm³/mol. The van der Waals surface area contributed by atoms with E-state index in [2.05, 4.69) is 42.1 Å². The second-order valence-electron chi connectivity index (χ2n) is 5.88. The number of ether oxygens (including phenoxy) is 1. The van der Waals surface area contributed by atoms with Gasteiger partial charge in [-0.1, -0.05) is 12.1 Å². The Morgan fingerprint density at radius 1 is 1.40 bits per heavy atom. The van der Waals surface area contributed by atoms with Crippen molar-refractivity contribution in [3.63, 3.8) is 0 Å². The first kappa shape index (κ1) is 15.3. The van der Waals surface area contributed by atoms with Gasteiger partial charge in [-0.15, -0.1) is 0 Å². The average molecular weight is 277 g/mol. The first-order valence-corrected chi connectivity index (χ1v) is 7.38. The lowest BCUT2D eigenvalue weighted by Gasteiger charge is -2.27. The van der Waals surface area contributed by atoms with Crippen LogP contribution in [0.1, 0.15) is 24.0 Å². The highest BCUT2D eigenvalue weighted by Gasteiger charge is 2.24. The first-order valence-electron chi connectivity index (χ1n) is 7.38. The van der Waals surface area contributed by atoms with E-state index < -0.39 is 0 Å². The minimum absolute atomic E-state index is 0.524. The molecule has 0 amide bonds. The number of rotatable bonds is 6. The van der Waals surface area contributed by atoms with E-state index in [0.29, 0.717) is 12.6 Å². The largest absolute Gasteiger partial charge is 0.496 e. The maximum Gasteiger partial charge on any atom is 0.123 e. The zero-order valence-corrected chi connectivity index (χ0v) is 12.9. The molecule has 1 aliphatic rings. The van der Waals surface area contributed by atoms with Crippen LogP contribution in [0.3, 0.4) is 0 Å². The fourth-order valence-corrected chi connectivity index (χ4v) is 3.02. The van der Waals surface area contributed by atoms with Crippen molar-refractivity contribution in [2.75, 3.05) is 34.3 Å². The molecule has 0 saturated carbocycles. The number of methoxy groups -OCH3 is 1. The van der Waals surface area contributed by atoms with Gasteiger partial charge in [-0.25, -0.2) is 0 Å². The third-order valence-corrected chi connectivity index (χ3v) is 4.03. The quantitative estimate of drug-likeness (QED) is 0.859. The molecular weight excluding hydrogens is 250 g/mol. The van der Waals surface area contributed by atoms with Crippen LogP contribution in [0.4, 0.5) is 0 Å². The Bertz CT molecular complexity index is 434. The van der Waals surface area contributed by atoms with E-state index in [-0.39, 0.29) is 0 Å². The zero-order chi connectivity index (χ0) is 14.5. The van der Waals surface area contributed by atoms with Crippen molar-refractivity contribution in [2.45, 2.75) is 32.0 Å². The number of nitrogens with zero attached hydrogens (tertiary/aromatic N) is 2. The fraction of sp³-hybridized carbons (Fsp3) is 0.625. The van der Waals surface area contributed by atoms with Gasteiger partial charge in [0.05, 0.1) is 7.11 Å². The molecule has 1 unspecified atom stereocenters. The summed E-state index contributed by atoms with van der Waals surface area (Å²) in [4.78, 5) is 4.86. The predicted octanol–water partition coefficient (Wildman–Crippen LogP) is 1.68. The molecular formula is C16H27N3O. The summed E-state index contributed by atoms with van der Waals surface area (Å²) >= 11 is 0. The van der Waals surface area contributed by atoms with Crippen LogP contribution in [0.5, 0.6) is 5.75 Å². The molecule has 1 fully saturated rings. The van der Waals surface area contributed by atoms with E-state index >= 15 is 0 Å². The van der Waals surface area contributed by atoms with Crippen LogP contribution in [-0.4, -0.2) is 50.1 Å². The standard InChI is InChI=1S/C16H27N3O/c1-18(2)12-15-5-4-8-19(15)11-13-6-7-14(10-17)16(9-13)20-3/h6-7,9,15H,4-5,8,10-12,17H2,1-3H3. The molecule has 112 valence electrons. The Balaban J connectivity index is 2.05. The van der Waals surface area contributed by atoms with Crippen molar-refractivity contribution in [3.8, 4) is 5.75 Å². The highest BCUT2D eigenvalue weighted by molar-refractivity contribution is 5.37. The van der Waals surface area contributed by atoms with E-state index in [9.17, 15) is 0 Å². The molecule has 1 aromatic carbocycles. The van der Waals surface area contributed by atoms with Gasteiger partial charge in [0.2, 0.25) is 0 Å². The molecule has 4 heteroatoms. The maximum atomic E-state index is 5.72. The monoisotopic (exact) mass is 277 g/mol. The summed E-state index contributed by atoms with van der Waals surface area (Å²) in [6.07, 6.45) is 2.60. The topological polar surface area (TPSA) is 41.7 Å². The Labute approximate surface area is 122 Å². The molecule has 2 N–H and O–H groups in total. The third kappa shape index (κ3) is 3.72. The summed E-state index contributed by atoms with van der Waals surface area (Å²) in [7, 11) is 6.01. The van der Waals surface area contributed by atoms with Crippen LogP contribution < -0.4 is 10.5 Å². The second-order valence-corrected chi connectivity index (χ2v) is 5.88. The minimum Gasteiger partial charge on any atom is -0.496 e. The van der Waals surface area contributed by atoms with E-state index in [1.807, 2.05) is 0 Å². The van der Waals surface area contributed by atoms with Gasteiger partial charge in [-0.05, 0) is 45.1 Å². The van der Waals surface area contributed by atoms with Crippen molar-refractivity contribution in [1.29, 1.82) is 0 Å². The summed E-state index contributed by atoms with van der Waals surface area (Å²) in [6, 6.07) is 7.07. The normalized spacial score (nSPS) is 19.8. The van der Waals surface area contributed by atoms with Crippen LogP contribution in [0.15, 0.2) is 18.2 Å². The van der Waals surface area contributed by atoms with Gasteiger partial charge in [-0.2, -0.15) is 0 Å². The molecule has 1 atom stereocenters. The van der Waals surface area contributed by atoms with E-state index in [1.165, 1.54) is 24.9 Å². The van der Waals surface area contributed by atoms with Gasteiger partial charge >= 0.3 is 0 Å². The molecule has 1 aliphatic heterocycles. The van der Waals surface area contributed by atoms with Crippen molar-refractivity contribution in [2.24, 2.45) is 5.73 Å². The molecule has 1 heterocycles. The van der Waals surface area contributed by atoms with E-state index in [1.54, 1.807) is 7.11 Å². The fourth-order valence-electron chi connectivity index (χ4n) is 3.02. The Hall–Kier alpha value is -1.10. The summed E-state index contributed by atoms with van der Waals surface area (Å²) in [5.41, 5.74) is 8.10. The second kappa shape index (κ2) is 7.07. The number of likely N-dealkylation sites (N-methyl/N-ethyl adjacent to an activating group) is 1. The molecule has 4 nitrogen and oxygen atoms in total. The van der Waals surface area contributed by atoms with Crippen LogP contribution in [0.2, 0.25) is 0 Å². The lowest BCUT2D eigenvalue weighted by atomic mass is 10.1. The van der Waals surface area contributed by atoms with Crippen LogP contribution in [0.25, 0.3) is 0 Å². The summed E-state index contributed by atoms with van der Waals surface area (Å²) < 4.78 is 5.43. The lowest BCUT2D eigenvalue weighted by Crippen LogP contribution is -2.37. The van der Waals surface area contributed by atoms with Gasteiger partial charge in [-0.3, -0.25) is 4.90 Å². The Morgan fingerprint density at radius 2 is 2.20 bits per heavy atom. The Kier molecular flexibility index (Phi) is 5.40. The van der Waals surface area contributed by atoms with E-state index in [0.717, 1.165) is 24.4 Å². The van der Waals surface area contributed by atoms with Crippen molar-refractivity contribution in [3.05, 3.63) is 29.3 Å². The number of nitrogens with two attached hydrogens (primary N) is 1. The summed E-state index contributed by atoms with van der Waals surface area (Å²) in [5.74, 6) is 0.911. The molecule has 20 heavy (non-hydrogen) atoms. The molecule has 1 saturated heterocycles. The highest BCUT2D eigenvalue weighted by Crippen LogP contribution is 2.24. The molecule has 2 rings (SSSR count). The number of hydrogen-bond donors (Lipinski definition) is 1.